The number of halogens is 3. The highest BCUT2D eigenvalue weighted by Crippen LogP contribution is 2.31. The summed E-state index contributed by atoms with van der Waals surface area (Å²) in [5, 5.41) is 5.06. The maximum Gasteiger partial charge on any atom is 0.0652 e. The highest BCUT2D eigenvalue weighted by Gasteiger charge is 2.09. The first-order valence-corrected chi connectivity index (χ1v) is 7.60. The first-order valence-electron chi connectivity index (χ1n) is 6.47. The number of hydrogen-bond donors (Lipinski definition) is 1. The number of hydrogen-bond acceptors (Lipinski definition) is 1. The van der Waals surface area contributed by atoms with Gasteiger partial charge in [0.25, 0.3) is 0 Å². The van der Waals surface area contributed by atoms with Crippen molar-refractivity contribution in [3.05, 3.63) is 68.2 Å². The zero-order valence-electron chi connectivity index (χ0n) is 11.2. The first-order chi connectivity index (χ1) is 9.59. The standard InChI is InChI=1S/C16H16Cl3N/c1-11-4-2-3-5-12(11)8-9-20-10-13-14(17)6-7-15(18)16(13)19/h2-7,20H,8-10H2,1H3. The van der Waals surface area contributed by atoms with Crippen molar-refractivity contribution in [1.82, 2.24) is 5.32 Å². The van der Waals surface area contributed by atoms with Crippen LogP contribution in [0.3, 0.4) is 0 Å². The second-order valence-corrected chi connectivity index (χ2v) is 5.87. The third-order valence-electron chi connectivity index (χ3n) is 3.27. The van der Waals surface area contributed by atoms with Crippen molar-refractivity contribution >= 4 is 34.8 Å². The first kappa shape index (κ1) is 15.7. The van der Waals surface area contributed by atoms with E-state index < -0.39 is 0 Å². The summed E-state index contributed by atoms with van der Waals surface area (Å²) in [6.07, 6.45) is 0.975. The van der Waals surface area contributed by atoms with Gasteiger partial charge in [-0.05, 0) is 43.1 Å². The summed E-state index contributed by atoms with van der Waals surface area (Å²) in [6, 6.07) is 11.9. The van der Waals surface area contributed by atoms with Gasteiger partial charge in [-0.1, -0.05) is 59.1 Å². The fourth-order valence-electron chi connectivity index (χ4n) is 2.06. The molecule has 0 bridgehead atoms. The smallest absolute Gasteiger partial charge is 0.0652 e. The van der Waals surface area contributed by atoms with E-state index >= 15 is 0 Å². The molecule has 20 heavy (non-hydrogen) atoms. The van der Waals surface area contributed by atoms with Crippen LogP contribution in [0.5, 0.6) is 0 Å². The lowest BCUT2D eigenvalue weighted by Gasteiger charge is -2.10. The van der Waals surface area contributed by atoms with Gasteiger partial charge in [0.1, 0.15) is 0 Å². The number of rotatable bonds is 5. The monoisotopic (exact) mass is 327 g/mol. The summed E-state index contributed by atoms with van der Waals surface area (Å²) >= 11 is 18.3. The number of benzene rings is 2. The molecule has 0 saturated heterocycles. The molecule has 106 valence electrons. The normalized spacial score (nSPS) is 10.8. The van der Waals surface area contributed by atoms with Crippen LogP contribution in [0.1, 0.15) is 16.7 Å². The van der Waals surface area contributed by atoms with E-state index in [0.29, 0.717) is 21.6 Å². The molecule has 0 spiro atoms. The van der Waals surface area contributed by atoms with Crippen molar-refractivity contribution in [1.29, 1.82) is 0 Å². The Balaban J connectivity index is 1.91. The van der Waals surface area contributed by atoms with E-state index in [0.717, 1.165) is 18.5 Å². The van der Waals surface area contributed by atoms with Gasteiger partial charge in [-0.25, -0.2) is 0 Å². The topological polar surface area (TPSA) is 12.0 Å². The van der Waals surface area contributed by atoms with E-state index in [1.165, 1.54) is 11.1 Å². The van der Waals surface area contributed by atoms with Gasteiger partial charge in [-0.15, -0.1) is 0 Å². The molecule has 0 aromatic heterocycles. The van der Waals surface area contributed by atoms with Gasteiger partial charge in [0.05, 0.1) is 10.0 Å². The molecule has 2 aromatic rings. The highest BCUT2D eigenvalue weighted by molar-refractivity contribution is 6.44. The Kier molecular flexibility index (Phi) is 5.74. The highest BCUT2D eigenvalue weighted by atomic mass is 35.5. The quantitative estimate of drug-likeness (QED) is 0.581. The molecule has 0 atom stereocenters. The molecule has 4 heteroatoms. The summed E-state index contributed by atoms with van der Waals surface area (Å²) in [5.41, 5.74) is 3.52. The molecule has 1 nitrogen and oxygen atoms in total. The van der Waals surface area contributed by atoms with Crippen LogP contribution in [0.4, 0.5) is 0 Å². The molecule has 0 heterocycles. The van der Waals surface area contributed by atoms with Gasteiger partial charge >= 0.3 is 0 Å². The molecule has 0 saturated carbocycles. The minimum Gasteiger partial charge on any atom is -0.312 e. The van der Waals surface area contributed by atoms with E-state index in [2.05, 4.69) is 36.5 Å². The fourth-order valence-corrected chi connectivity index (χ4v) is 2.74. The van der Waals surface area contributed by atoms with Crippen LogP contribution in [0, 0.1) is 6.92 Å². The average Bonchev–Trinajstić information content (AvgIpc) is 2.44. The minimum atomic E-state index is 0.530. The summed E-state index contributed by atoms with van der Waals surface area (Å²) in [7, 11) is 0. The Bertz CT molecular complexity index is 596. The van der Waals surface area contributed by atoms with Gasteiger partial charge in [-0.2, -0.15) is 0 Å². The molecule has 2 aromatic carbocycles. The van der Waals surface area contributed by atoms with Gasteiger partial charge in [-0.3, -0.25) is 0 Å². The molecule has 1 N–H and O–H groups in total. The Morgan fingerprint density at radius 2 is 1.65 bits per heavy atom. The van der Waals surface area contributed by atoms with Crippen molar-refractivity contribution in [2.24, 2.45) is 0 Å². The van der Waals surface area contributed by atoms with Crippen molar-refractivity contribution in [2.75, 3.05) is 6.54 Å². The summed E-state index contributed by atoms with van der Waals surface area (Å²) in [6.45, 7) is 3.61. The van der Waals surface area contributed by atoms with Crippen LogP contribution >= 0.6 is 34.8 Å². The van der Waals surface area contributed by atoms with Crippen molar-refractivity contribution in [2.45, 2.75) is 19.9 Å². The summed E-state index contributed by atoms with van der Waals surface area (Å²) < 4.78 is 0. The van der Waals surface area contributed by atoms with Gasteiger partial charge in [0, 0.05) is 17.1 Å². The van der Waals surface area contributed by atoms with E-state index in [4.69, 9.17) is 34.8 Å². The van der Waals surface area contributed by atoms with Gasteiger partial charge in [0.15, 0.2) is 0 Å². The van der Waals surface area contributed by atoms with Crippen LogP contribution in [0.2, 0.25) is 15.1 Å². The predicted octanol–water partition coefficient (Wildman–Crippen LogP) is 5.29. The lowest BCUT2D eigenvalue weighted by Crippen LogP contribution is -2.17. The third-order valence-corrected chi connectivity index (χ3v) is 4.47. The van der Waals surface area contributed by atoms with E-state index in [1.54, 1.807) is 12.1 Å². The zero-order chi connectivity index (χ0) is 14.5. The molecule has 0 fully saturated rings. The predicted molar refractivity (Wildman–Crippen MR) is 88.1 cm³/mol. The molecular weight excluding hydrogens is 313 g/mol. The maximum absolute atomic E-state index is 6.16. The Labute approximate surface area is 134 Å². The maximum atomic E-state index is 6.16. The molecule has 0 aliphatic rings. The van der Waals surface area contributed by atoms with Crippen LogP contribution in [-0.2, 0) is 13.0 Å². The fraction of sp³-hybridized carbons (Fsp3) is 0.250. The Morgan fingerprint density at radius 3 is 2.40 bits per heavy atom. The summed E-state index contributed by atoms with van der Waals surface area (Å²) in [4.78, 5) is 0. The third kappa shape index (κ3) is 3.89. The van der Waals surface area contributed by atoms with Crippen LogP contribution in [0.25, 0.3) is 0 Å². The zero-order valence-corrected chi connectivity index (χ0v) is 13.5. The van der Waals surface area contributed by atoms with E-state index in [9.17, 15) is 0 Å². The van der Waals surface area contributed by atoms with Gasteiger partial charge in [0.2, 0.25) is 0 Å². The Morgan fingerprint density at radius 1 is 0.950 bits per heavy atom. The van der Waals surface area contributed by atoms with Crippen molar-refractivity contribution in [3.63, 3.8) is 0 Å². The molecule has 0 amide bonds. The molecule has 0 radical (unpaired) electrons. The lowest BCUT2D eigenvalue weighted by molar-refractivity contribution is 0.686. The van der Waals surface area contributed by atoms with E-state index in [-0.39, 0.29) is 0 Å². The Hall–Kier alpha value is -0.730. The lowest BCUT2D eigenvalue weighted by atomic mass is 10.1. The number of nitrogens with one attached hydrogen (secondary N) is 1. The largest absolute Gasteiger partial charge is 0.312 e. The SMILES string of the molecule is Cc1ccccc1CCNCc1c(Cl)ccc(Cl)c1Cl. The van der Waals surface area contributed by atoms with Crippen LogP contribution < -0.4 is 5.32 Å². The van der Waals surface area contributed by atoms with E-state index in [1.807, 2.05) is 0 Å². The van der Waals surface area contributed by atoms with Crippen molar-refractivity contribution < 1.29 is 0 Å². The molecular formula is C16H16Cl3N. The average molecular weight is 329 g/mol. The second-order valence-electron chi connectivity index (χ2n) is 4.68. The molecule has 0 unspecified atom stereocenters. The summed E-state index contributed by atoms with van der Waals surface area (Å²) in [5.74, 6) is 0. The molecule has 0 aliphatic carbocycles. The van der Waals surface area contributed by atoms with Crippen LogP contribution in [0.15, 0.2) is 36.4 Å². The van der Waals surface area contributed by atoms with Gasteiger partial charge < -0.3 is 5.32 Å². The molecule has 2 rings (SSSR count). The number of aryl methyl sites for hydroxylation is 1. The van der Waals surface area contributed by atoms with Crippen molar-refractivity contribution in [3.8, 4) is 0 Å². The van der Waals surface area contributed by atoms with Crippen LogP contribution in [-0.4, -0.2) is 6.54 Å². The second kappa shape index (κ2) is 7.33. The minimum absolute atomic E-state index is 0.530. The molecule has 0 aliphatic heterocycles.